The van der Waals surface area contributed by atoms with Crippen molar-refractivity contribution in [3.63, 3.8) is 0 Å². The molecule has 0 radical (unpaired) electrons. The Morgan fingerprint density at radius 3 is 2.50 bits per heavy atom. The van der Waals surface area contributed by atoms with Crippen LogP contribution in [-0.4, -0.2) is 22.8 Å². The number of ether oxygens (including phenoxy) is 2. The fraction of sp³-hybridized carbons (Fsp3) is 0.174. The molecule has 0 aromatic heterocycles. The van der Waals surface area contributed by atoms with Crippen LogP contribution in [0.5, 0.6) is 11.5 Å². The summed E-state index contributed by atoms with van der Waals surface area (Å²) in [7, 11) is 1.64. The molecule has 0 saturated carbocycles. The SMILES string of the molecule is COc1ccc(C2=NN3[C@H](C2)c2ccccc2O[C@H]3c2ccc([N+](=O)[O-])cc2)cc1. The van der Waals surface area contributed by atoms with Crippen molar-refractivity contribution in [3.05, 3.63) is 99.6 Å². The van der Waals surface area contributed by atoms with Gasteiger partial charge in [0.1, 0.15) is 11.5 Å². The molecule has 3 aromatic carbocycles. The highest BCUT2D eigenvalue weighted by Crippen LogP contribution is 2.47. The maximum absolute atomic E-state index is 11.0. The minimum atomic E-state index is -0.457. The lowest BCUT2D eigenvalue weighted by Crippen LogP contribution is -2.33. The van der Waals surface area contributed by atoms with E-state index in [0.29, 0.717) is 0 Å². The van der Waals surface area contributed by atoms with Crippen molar-refractivity contribution in [2.75, 3.05) is 7.11 Å². The van der Waals surface area contributed by atoms with Crippen LogP contribution in [0.1, 0.15) is 35.4 Å². The average molecular weight is 401 g/mol. The number of nitrogens with zero attached hydrogens (tertiary/aromatic N) is 3. The van der Waals surface area contributed by atoms with Crippen molar-refractivity contribution >= 4 is 11.4 Å². The first kappa shape index (κ1) is 18.2. The molecule has 2 aliphatic heterocycles. The maximum Gasteiger partial charge on any atom is 0.269 e. The average Bonchev–Trinajstić information content (AvgIpc) is 3.24. The number of benzene rings is 3. The molecule has 0 unspecified atom stereocenters. The number of non-ortho nitro benzene ring substituents is 1. The zero-order valence-corrected chi connectivity index (χ0v) is 16.3. The molecular weight excluding hydrogens is 382 g/mol. The third kappa shape index (κ3) is 3.04. The van der Waals surface area contributed by atoms with Gasteiger partial charge in [-0.2, -0.15) is 5.10 Å². The van der Waals surface area contributed by atoms with Gasteiger partial charge in [-0.1, -0.05) is 18.2 Å². The van der Waals surface area contributed by atoms with E-state index in [4.69, 9.17) is 14.6 Å². The first-order valence-corrected chi connectivity index (χ1v) is 9.64. The summed E-state index contributed by atoms with van der Waals surface area (Å²) in [4.78, 5) is 10.6. The molecule has 0 amide bonds. The molecule has 2 atom stereocenters. The Kier molecular flexibility index (Phi) is 4.35. The Balaban J connectivity index is 1.54. The molecule has 0 N–H and O–H groups in total. The minimum absolute atomic E-state index is 0.0345. The predicted molar refractivity (Wildman–Crippen MR) is 112 cm³/mol. The molecule has 30 heavy (non-hydrogen) atoms. The van der Waals surface area contributed by atoms with Crippen LogP contribution >= 0.6 is 0 Å². The Hall–Kier alpha value is -3.87. The largest absolute Gasteiger partial charge is 0.497 e. The van der Waals surface area contributed by atoms with Gasteiger partial charge in [0, 0.05) is 29.7 Å². The summed E-state index contributed by atoms with van der Waals surface area (Å²) in [6.07, 6.45) is 0.289. The first-order chi connectivity index (χ1) is 14.6. The van der Waals surface area contributed by atoms with Gasteiger partial charge in [0.15, 0.2) is 0 Å². The fourth-order valence-corrected chi connectivity index (χ4v) is 3.97. The van der Waals surface area contributed by atoms with Crippen molar-refractivity contribution in [1.82, 2.24) is 5.01 Å². The molecule has 5 rings (SSSR count). The van der Waals surface area contributed by atoms with Crippen molar-refractivity contribution in [3.8, 4) is 11.5 Å². The second-order valence-electron chi connectivity index (χ2n) is 7.23. The molecule has 0 aliphatic carbocycles. The standard InChI is InChI=1S/C23H19N3O4/c1-29-18-12-8-15(9-13-18)20-14-21-19-4-2-3-5-22(19)30-23(25(21)24-20)16-6-10-17(11-7-16)26(27)28/h2-13,21,23H,14H2,1H3/t21-,23+/m1/s1. The van der Waals surface area contributed by atoms with E-state index in [0.717, 1.165) is 40.3 Å². The highest BCUT2D eigenvalue weighted by Gasteiger charge is 2.40. The first-order valence-electron chi connectivity index (χ1n) is 9.64. The Labute approximate surface area is 173 Å². The van der Waals surface area contributed by atoms with Gasteiger partial charge in [-0.05, 0) is 48.0 Å². The fourth-order valence-electron chi connectivity index (χ4n) is 3.97. The second-order valence-corrected chi connectivity index (χ2v) is 7.23. The lowest BCUT2D eigenvalue weighted by molar-refractivity contribution is -0.384. The minimum Gasteiger partial charge on any atom is -0.497 e. The molecular formula is C23H19N3O4. The molecule has 7 heteroatoms. The van der Waals surface area contributed by atoms with Crippen LogP contribution in [0, 0.1) is 10.1 Å². The number of rotatable bonds is 4. The van der Waals surface area contributed by atoms with Crippen molar-refractivity contribution in [2.24, 2.45) is 5.10 Å². The lowest BCUT2D eigenvalue weighted by Gasteiger charge is -2.38. The van der Waals surface area contributed by atoms with E-state index in [2.05, 4.69) is 6.07 Å². The second kappa shape index (κ2) is 7.18. The van der Waals surface area contributed by atoms with Crippen LogP contribution in [0.15, 0.2) is 77.9 Å². The molecule has 0 saturated heterocycles. The number of fused-ring (bicyclic) bond motifs is 3. The van der Waals surface area contributed by atoms with Gasteiger partial charge in [0.25, 0.3) is 5.69 Å². The van der Waals surface area contributed by atoms with E-state index < -0.39 is 11.2 Å². The molecule has 0 bridgehead atoms. The highest BCUT2D eigenvalue weighted by atomic mass is 16.6. The van der Waals surface area contributed by atoms with Gasteiger partial charge in [0.2, 0.25) is 6.23 Å². The number of methoxy groups -OCH3 is 1. The molecule has 3 aromatic rings. The van der Waals surface area contributed by atoms with Gasteiger partial charge in [-0.3, -0.25) is 10.1 Å². The third-order valence-electron chi connectivity index (χ3n) is 5.51. The Morgan fingerprint density at radius 2 is 1.80 bits per heavy atom. The van der Waals surface area contributed by atoms with Gasteiger partial charge in [-0.25, -0.2) is 5.01 Å². The number of para-hydroxylation sites is 1. The normalized spacial score (nSPS) is 19.4. The van der Waals surface area contributed by atoms with Gasteiger partial charge in [0.05, 0.1) is 23.8 Å². The summed E-state index contributed by atoms with van der Waals surface area (Å²) in [6, 6.07) is 22.3. The Morgan fingerprint density at radius 1 is 1.07 bits per heavy atom. The van der Waals surface area contributed by atoms with Crippen LogP contribution in [0.2, 0.25) is 0 Å². The van der Waals surface area contributed by atoms with E-state index in [1.807, 2.05) is 47.5 Å². The number of hydrogen-bond acceptors (Lipinski definition) is 6. The van der Waals surface area contributed by atoms with E-state index >= 15 is 0 Å². The van der Waals surface area contributed by atoms with E-state index in [1.165, 1.54) is 12.1 Å². The van der Waals surface area contributed by atoms with Crippen LogP contribution < -0.4 is 9.47 Å². The van der Waals surface area contributed by atoms with Gasteiger partial charge >= 0.3 is 0 Å². The van der Waals surface area contributed by atoms with Crippen molar-refractivity contribution < 1.29 is 14.4 Å². The summed E-state index contributed by atoms with van der Waals surface area (Å²) in [5.74, 6) is 1.61. The summed E-state index contributed by atoms with van der Waals surface area (Å²) in [5, 5.41) is 17.9. The topological polar surface area (TPSA) is 77.2 Å². The van der Waals surface area contributed by atoms with Gasteiger partial charge < -0.3 is 9.47 Å². The maximum atomic E-state index is 11.0. The van der Waals surface area contributed by atoms with Crippen LogP contribution in [0.3, 0.4) is 0 Å². The summed E-state index contributed by atoms with van der Waals surface area (Å²) >= 11 is 0. The molecule has 0 spiro atoms. The molecule has 7 nitrogen and oxygen atoms in total. The van der Waals surface area contributed by atoms with Crippen LogP contribution in [0.4, 0.5) is 5.69 Å². The van der Waals surface area contributed by atoms with Crippen LogP contribution in [0.25, 0.3) is 0 Å². The van der Waals surface area contributed by atoms with Crippen LogP contribution in [-0.2, 0) is 0 Å². The molecule has 2 aliphatic rings. The van der Waals surface area contributed by atoms with E-state index in [-0.39, 0.29) is 11.7 Å². The molecule has 2 heterocycles. The van der Waals surface area contributed by atoms with Crippen molar-refractivity contribution in [2.45, 2.75) is 18.7 Å². The van der Waals surface area contributed by atoms with Gasteiger partial charge in [-0.15, -0.1) is 0 Å². The van der Waals surface area contributed by atoms with E-state index in [9.17, 15) is 10.1 Å². The number of nitro groups is 1. The third-order valence-corrected chi connectivity index (χ3v) is 5.51. The van der Waals surface area contributed by atoms with Crippen molar-refractivity contribution in [1.29, 1.82) is 0 Å². The zero-order chi connectivity index (χ0) is 20.7. The Bertz CT molecular complexity index is 1130. The number of nitro benzene ring substituents is 1. The predicted octanol–water partition coefficient (Wildman–Crippen LogP) is 4.85. The molecule has 0 fully saturated rings. The number of hydrogen-bond donors (Lipinski definition) is 0. The highest BCUT2D eigenvalue weighted by molar-refractivity contribution is 6.02. The summed E-state index contributed by atoms with van der Waals surface area (Å²) in [6.45, 7) is 0. The monoisotopic (exact) mass is 401 g/mol. The van der Waals surface area contributed by atoms with E-state index in [1.54, 1.807) is 19.2 Å². The zero-order valence-electron chi connectivity index (χ0n) is 16.3. The summed E-state index contributed by atoms with van der Waals surface area (Å²) in [5.41, 5.74) is 3.96. The lowest BCUT2D eigenvalue weighted by atomic mass is 9.96. The number of hydrazone groups is 1. The quantitative estimate of drug-likeness (QED) is 0.462. The molecule has 150 valence electrons. The smallest absolute Gasteiger partial charge is 0.269 e. The summed E-state index contributed by atoms with van der Waals surface area (Å²) < 4.78 is 11.5.